The number of rotatable bonds is 4. The van der Waals surface area contributed by atoms with Crippen LogP contribution in [-0.2, 0) is 14.3 Å². The maximum absolute atomic E-state index is 11.9. The number of hydrogen-bond acceptors (Lipinski definition) is 4. The van der Waals surface area contributed by atoms with Crippen LogP contribution in [0.3, 0.4) is 0 Å². The lowest BCUT2D eigenvalue weighted by molar-refractivity contribution is -0.131. The van der Waals surface area contributed by atoms with Gasteiger partial charge in [0.05, 0.1) is 24.0 Å². The first-order chi connectivity index (χ1) is 9.94. The number of nitrogens with two attached hydrogens (primary N) is 1. The van der Waals surface area contributed by atoms with Crippen molar-refractivity contribution in [1.82, 2.24) is 0 Å². The molecule has 116 valence electrons. The van der Waals surface area contributed by atoms with Gasteiger partial charge in [0.1, 0.15) is 6.61 Å². The molecule has 1 saturated heterocycles. The minimum Gasteiger partial charge on any atom is -0.399 e. The summed E-state index contributed by atoms with van der Waals surface area (Å²) in [5, 5.41) is 2.80. The quantitative estimate of drug-likeness (QED) is 0.813. The van der Waals surface area contributed by atoms with E-state index in [1.165, 1.54) is 0 Å². The Bertz CT molecular complexity index is 500. The fraction of sp³-hybridized carbons (Fsp3) is 0.533. The topological polar surface area (TPSA) is 73.6 Å². The van der Waals surface area contributed by atoms with Crippen LogP contribution >= 0.6 is 15.9 Å². The number of carbonyl (C=O) groups is 1. The van der Waals surface area contributed by atoms with Crippen molar-refractivity contribution in [3.63, 3.8) is 0 Å². The monoisotopic (exact) mass is 356 g/mol. The summed E-state index contributed by atoms with van der Waals surface area (Å²) >= 11 is 3.37. The lowest BCUT2D eigenvalue weighted by Crippen LogP contribution is -2.35. The Morgan fingerprint density at radius 1 is 1.43 bits per heavy atom. The van der Waals surface area contributed by atoms with E-state index in [0.717, 1.165) is 17.3 Å². The van der Waals surface area contributed by atoms with Crippen LogP contribution in [0.1, 0.15) is 26.7 Å². The summed E-state index contributed by atoms with van der Waals surface area (Å²) in [5.41, 5.74) is 6.99. The first kappa shape index (κ1) is 16.3. The van der Waals surface area contributed by atoms with Crippen LogP contribution in [0.15, 0.2) is 22.7 Å². The van der Waals surface area contributed by atoms with E-state index in [1.807, 2.05) is 13.8 Å². The van der Waals surface area contributed by atoms with Crippen molar-refractivity contribution in [1.29, 1.82) is 0 Å². The van der Waals surface area contributed by atoms with Crippen molar-refractivity contribution in [2.24, 2.45) is 0 Å². The lowest BCUT2D eigenvalue weighted by Gasteiger charge is -2.31. The molecule has 1 aromatic carbocycles. The summed E-state index contributed by atoms with van der Waals surface area (Å²) in [6.45, 7) is 4.09. The average Bonchev–Trinajstić information content (AvgIpc) is 2.39. The van der Waals surface area contributed by atoms with E-state index in [1.54, 1.807) is 18.2 Å². The van der Waals surface area contributed by atoms with E-state index < -0.39 is 0 Å². The molecule has 0 bridgehead atoms. The van der Waals surface area contributed by atoms with Gasteiger partial charge in [-0.2, -0.15) is 0 Å². The van der Waals surface area contributed by atoms with Crippen LogP contribution in [0.5, 0.6) is 0 Å². The Labute approximate surface area is 133 Å². The number of amides is 1. The molecule has 1 fully saturated rings. The Kier molecular flexibility index (Phi) is 5.61. The van der Waals surface area contributed by atoms with E-state index >= 15 is 0 Å². The van der Waals surface area contributed by atoms with E-state index in [4.69, 9.17) is 15.2 Å². The molecule has 0 spiro atoms. The zero-order valence-corrected chi connectivity index (χ0v) is 13.9. The predicted molar refractivity (Wildman–Crippen MR) is 86.2 cm³/mol. The SMILES string of the molecule is CC1CC(OCC(=O)Nc2ccc(N)cc2Br)CC(C)O1. The smallest absolute Gasteiger partial charge is 0.250 e. The molecule has 1 aromatic rings. The van der Waals surface area contributed by atoms with Crippen molar-refractivity contribution < 1.29 is 14.3 Å². The maximum atomic E-state index is 11.9. The average molecular weight is 357 g/mol. The number of hydrogen-bond donors (Lipinski definition) is 2. The Morgan fingerprint density at radius 3 is 2.71 bits per heavy atom. The largest absolute Gasteiger partial charge is 0.399 e. The van der Waals surface area contributed by atoms with Crippen LogP contribution in [0.2, 0.25) is 0 Å². The molecule has 0 aromatic heterocycles. The minimum absolute atomic E-state index is 0.0426. The van der Waals surface area contributed by atoms with Gasteiger partial charge in [-0.15, -0.1) is 0 Å². The fourth-order valence-electron chi connectivity index (χ4n) is 2.49. The van der Waals surface area contributed by atoms with Gasteiger partial charge < -0.3 is 20.5 Å². The molecule has 0 aliphatic carbocycles. The highest BCUT2D eigenvalue weighted by Gasteiger charge is 2.25. The summed E-state index contributed by atoms with van der Waals surface area (Å²) in [5.74, 6) is -0.174. The first-order valence-electron chi connectivity index (χ1n) is 7.06. The van der Waals surface area contributed by atoms with Crippen LogP contribution in [0, 0.1) is 0 Å². The van der Waals surface area contributed by atoms with Gasteiger partial charge in [0, 0.05) is 10.2 Å². The zero-order chi connectivity index (χ0) is 15.4. The fourth-order valence-corrected chi connectivity index (χ4v) is 2.99. The number of halogens is 1. The number of nitrogens with one attached hydrogen (secondary N) is 1. The summed E-state index contributed by atoms with van der Waals surface area (Å²) in [6, 6.07) is 5.25. The van der Waals surface area contributed by atoms with Gasteiger partial charge in [0.2, 0.25) is 5.91 Å². The van der Waals surface area contributed by atoms with Crippen LogP contribution < -0.4 is 11.1 Å². The first-order valence-corrected chi connectivity index (χ1v) is 7.85. The van der Waals surface area contributed by atoms with Crippen molar-refractivity contribution in [3.05, 3.63) is 22.7 Å². The summed E-state index contributed by atoms with van der Waals surface area (Å²) in [4.78, 5) is 11.9. The van der Waals surface area contributed by atoms with Gasteiger partial charge in [0.15, 0.2) is 0 Å². The predicted octanol–water partition coefficient (Wildman–Crippen LogP) is 2.94. The second kappa shape index (κ2) is 7.24. The molecule has 6 heteroatoms. The van der Waals surface area contributed by atoms with Crippen molar-refractivity contribution in [2.45, 2.75) is 45.0 Å². The third kappa shape index (κ3) is 4.98. The van der Waals surface area contributed by atoms with Gasteiger partial charge in [-0.1, -0.05) is 0 Å². The normalized spacial score (nSPS) is 25.6. The van der Waals surface area contributed by atoms with Gasteiger partial charge in [-0.05, 0) is 60.8 Å². The van der Waals surface area contributed by atoms with Crippen molar-refractivity contribution >= 4 is 33.2 Å². The van der Waals surface area contributed by atoms with E-state index in [0.29, 0.717) is 11.4 Å². The minimum atomic E-state index is -0.174. The molecule has 21 heavy (non-hydrogen) atoms. The zero-order valence-electron chi connectivity index (χ0n) is 12.3. The number of ether oxygens (including phenoxy) is 2. The molecule has 3 N–H and O–H groups in total. The molecule has 1 amide bonds. The molecule has 2 unspecified atom stereocenters. The standard InChI is InChI=1S/C15H21BrN2O3/c1-9-5-12(6-10(2)21-9)20-8-15(19)18-14-4-3-11(17)7-13(14)16/h3-4,7,9-10,12H,5-6,8,17H2,1-2H3,(H,18,19). The van der Waals surface area contributed by atoms with E-state index in [2.05, 4.69) is 21.2 Å². The van der Waals surface area contributed by atoms with Crippen molar-refractivity contribution in [2.75, 3.05) is 17.7 Å². The number of carbonyl (C=O) groups excluding carboxylic acids is 1. The second-order valence-corrected chi connectivity index (χ2v) is 6.30. The third-order valence-corrected chi connectivity index (χ3v) is 4.03. The second-order valence-electron chi connectivity index (χ2n) is 5.45. The Hall–Kier alpha value is -1.11. The van der Waals surface area contributed by atoms with Gasteiger partial charge >= 0.3 is 0 Å². The van der Waals surface area contributed by atoms with Crippen LogP contribution in [-0.4, -0.2) is 30.8 Å². The Balaban J connectivity index is 1.82. The number of nitrogen functional groups attached to an aromatic ring is 1. The van der Waals surface area contributed by atoms with Gasteiger partial charge in [-0.25, -0.2) is 0 Å². The molecular formula is C15H21BrN2O3. The van der Waals surface area contributed by atoms with Crippen LogP contribution in [0.25, 0.3) is 0 Å². The molecule has 2 rings (SSSR count). The highest BCUT2D eigenvalue weighted by molar-refractivity contribution is 9.10. The van der Waals surface area contributed by atoms with Gasteiger partial charge in [0.25, 0.3) is 0 Å². The molecule has 0 saturated carbocycles. The number of benzene rings is 1. The van der Waals surface area contributed by atoms with E-state index in [-0.39, 0.29) is 30.8 Å². The summed E-state index contributed by atoms with van der Waals surface area (Å²) in [6.07, 6.45) is 2.07. The molecule has 1 aliphatic heterocycles. The maximum Gasteiger partial charge on any atom is 0.250 e. The summed E-state index contributed by atoms with van der Waals surface area (Å²) in [7, 11) is 0. The van der Waals surface area contributed by atoms with Crippen LogP contribution in [0.4, 0.5) is 11.4 Å². The lowest BCUT2D eigenvalue weighted by atomic mass is 10.0. The molecule has 1 heterocycles. The van der Waals surface area contributed by atoms with Gasteiger partial charge in [-0.3, -0.25) is 4.79 Å². The molecule has 1 aliphatic rings. The Morgan fingerprint density at radius 2 is 2.10 bits per heavy atom. The number of anilines is 2. The van der Waals surface area contributed by atoms with Crippen molar-refractivity contribution in [3.8, 4) is 0 Å². The third-order valence-electron chi connectivity index (χ3n) is 3.37. The molecule has 5 nitrogen and oxygen atoms in total. The molecule has 2 atom stereocenters. The van der Waals surface area contributed by atoms with E-state index in [9.17, 15) is 4.79 Å². The summed E-state index contributed by atoms with van der Waals surface area (Å²) < 4.78 is 12.1. The molecule has 0 radical (unpaired) electrons. The molecular weight excluding hydrogens is 336 g/mol. The highest BCUT2D eigenvalue weighted by atomic mass is 79.9. The highest BCUT2D eigenvalue weighted by Crippen LogP contribution is 2.25.